The van der Waals surface area contributed by atoms with Crippen LogP contribution in [0.5, 0.6) is 5.95 Å². The second-order valence-corrected chi connectivity index (χ2v) is 4.79. The van der Waals surface area contributed by atoms with E-state index in [4.69, 9.17) is 9.15 Å². The molecule has 0 aliphatic carbocycles. The van der Waals surface area contributed by atoms with E-state index in [1.165, 1.54) is 0 Å². The van der Waals surface area contributed by atoms with Crippen LogP contribution in [0.2, 0.25) is 0 Å². The van der Waals surface area contributed by atoms with E-state index in [-0.39, 0.29) is 5.97 Å². The standard InChI is InChI=1S/C13H13BrO3/c1-3-4-12(15)17-13-8(2)10-7-9(14)5-6-11(10)16-13/h5-7H,3-4H2,1-2H3. The van der Waals surface area contributed by atoms with Crippen LogP contribution >= 0.6 is 15.9 Å². The summed E-state index contributed by atoms with van der Waals surface area (Å²) in [6.45, 7) is 3.82. The van der Waals surface area contributed by atoms with Crippen molar-refractivity contribution in [3.63, 3.8) is 0 Å². The minimum atomic E-state index is -0.256. The first-order valence-corrected chi connectivity index (χ1v) is 6.30. The first kappa shape index (κ1) is 12.2. The molecule has 1 aromatic carbocycles. The molecule has 90 valence electrons. The molecule has 1 heterocycles. The van der Waals surface area contributed by atoms with E-state index in [0.29, 0.717) is 12.4 Å². The van der Waals surface area contributed by atoms with E-state index in [0.717, 1.165) is 27.4 Å². The summed E-state index contributed by atoms with van der Waals surface area (Å²) in [5.74, 6) is 0.0465. The molecule has 2 aromatic rings. The molecule has 0 fully saturated rings. The summed E-state index contributed by atoms with van der Waals surface area (Å²) in [4.78, 5) is 11.4. The fourth-order valence-corrected chi connectivity index (χ4v) is 1.99. The lowest BCUT2D eigenvalue weighted by Gasteiger charge is -1.99. The zero-order chi connectivity index (χ0) is 12.4. The smallest absolute Gasteiger partial charge is 0.313 e. The Kier molecular flexibility index (Phi) is 3.52. The van der Waals surface area contributed by atoms with Crippen molar-refractivity contribution >= 4 is 32.9 Å². The number of ether oxygens (including phenoxy) is 1. The van der Waals surface area contributed by atoms with Gasteiger partial charge < -0.3 is 9.15 Å². The number of esters is 1. The number of halogens is 1. The molecule has 1 aromatic heterocycles. The highest BCUT2D eigenvalue weighted by Crippen LogP contribution is 2.33. The first-order valence-electron chi connectivity index (χ1n) is 5.51. The largest absolute Gasteiger partial charge is 0.425 e. The van der Waals surface area contributed by atoms with Crippen LogP contribution in [-0.2, 0) is 4.79 Å². The van der Waals surface area contributed by atoms with E-state index in [1.807, 2.05) is 32.0 Å². The van der Waals surface area contributed by atoms with E-state index < -0.39 is 0 Å². The molecule has 0 aliphatic rings. The molecule has 4 heteroatoms. The maximum Gasteiger partial charge on any atom is 0.313 e. The third-order valence-corrected chi connectivity index (χ3v) is 3.01. The van der Waals surface area contributed by atoms with Crippen molar-refractivity contribution in [2.75, 3.05) is 0 Å². The lowest BCUT2D eigenvalue weighted by Crippen LogP contribution is -2.06. The minimum Gasteiger partial charge on any atom is -0.425 e. The van der Waals surface area contributed by atoms with Gasteiger partial charge in [0, 0.05) is 21.8 Å². The number of hydrogen-bond donors (Lipinski definition) is 0. The molecule has 0 N–H and O–H groups in total. The van der Waals surface area contributed by atoms with Gasteiger partial charge in [0.2, 0.25) is 0 Å². The molecule has 0 aliphatic heterocycles. The van der Waals surface area contributed by atoms with Crippen molar-refractivity contribution < 1.29 is 13.9 Å². The van der Waals surface area contributed by atoms with Crippen LogP contribution in [0.4, 0.5) is 0 Å². The van der Waals surface area contributed by atoms with Crippen molar-refractivity contribution in [3.05, 3.63) is 28.2 Å². The van der Waals surface area contributed by atoms with Crippen LogP contribution in [0.3, 0.4) is 0 Å². The lowest BCUT2D eigenvalue weighted by molar-refractivity contribution is -0.135. The first-order chi connectivity index (χ1) is 8.11. The fraction of sp³-hybridized carbons (Fsp3) is 0.308. The molecule has 0 saturated carbocycles. The molecule has 0 bridgehead atoms. The Hall–Kier alpha value is -1.29. The normalized spacial score (nSPS) is 10.8. The number of furan rings is 1. The number of carbonyl (C=O) groups is 1. The summed E-state index contributed by atoms with van der Waals surface area (Å²) in [6.07, 6.45) is 1.17. The van der Waals surface area contributed by atoms with Crippen molar-refractivity contribution in [1.82, 2.24) is 0 Å². The van der Waals surface area contributed by atoms with Crippen LogP contribution in [0, 0.1) is 6.92 Å². The predicted molar refractivity (Wildman–Crippen MR) is 69.2 cm³/mol. The highest BCUT2D eigenvalue weighted by molar-refractivity contribution is 9.10. The van der Waals surface area contributed by atoms with Crippen LogP contribution in [0.1, 0.15) is 25.3 Å². The SMILES string of the molecule is CCCC(=O)Oc1oc2ccc(Br)cc2c1C. The number of aryl methyl sites for hydroxylation is 1. The van der Waals surface area contributed by atoms with E-state index >= 15 is 0 Å². The molecule has 3 nitrogen and oxygen atoms in total. The quantitative estimate of drug-likeness (QED) is 0.797. The topological polar surface area (TPSA) is 39.4 Å². The maximum absolute atomic E-state index is 11.4. The summed E-state index contributed by atoms with van der Waals surface area (Å²) >= 11 is 3.40. The van der Waals surface area contributed by atoms with Gasteiger partial charge in [0.1, 0.15) is 5.58 Å². The highest BCUT2D eigenvalue weighted by atomic mass is 79.9. The Morgan fingerprint density at radius 1 is 1.47 bits per heavy atom. The van der Waals surface area contributed by atoms with Crippen LogP contribution in [-0.4, -0.2) is 5.97 Å². The molecule has 2 rings (SSSR count). The minimum absolute atomic E-state index is 0.256. The van der Waals surface area contributed by atoms with Gasteiger partial charge in [0.25, 0.3) is 5.95 Å². The summed E-state index contributed by atoms with van der Waals surface area (Å²) in [6, 6.07) is 5.69. The van der Waals surface area contributed by atoms with Crippen molar-refractivity contribution in [1.29, 1.82) is 0 Å². The molecule has 0 amide bonds. The van der Waals surface area contributed by atoms with Gasteiger partial charge >= 0.3 is 5.97 Å². The Labute approximate surface area is 108 Å². The lowest BCUT2D eigenvalue weighted by atomic mass is 10.2. The highest BCUT2D eigenvalue weighted by Gasteiger charge is 2.14. The summed E-state index contributed by atoms with van der Waals surface area (Å²) in [5, 5.41) is 0.957. The van der Waals surface area contributed by atoms with Crippen LogP contribution in [0.15, 0.2) is 27.1 Å². The third-order valence-electron chi connectivity index (χ3n) is 2.52. The molecular formula is C13H13BrO3. The summed E-state index contributed by atoms with van der Waals surface area (Å²) in [5.41, 5.74) is 1.58. The third kappa shape index (κ3) is 2.52. The molecule has 0 spiro atoms. The molecule has 0 radical (unpaired) electrons. The molecule has 0 unspecified atom stereocenters. The number of carbonyl (C=O) groups excluding carboxylic acids is 1. The Balaban J connectivity index is 2.35. The van der Waals surface area contributed by atoms with E-state index in [2.05, 4.69) is 15.9 Å². The monoisotopic (exact) mass is 296 g/mol. The zero-order valence-corrected chi connectivity index (χ0v) is 11.3. The average Bonchev–Trinajstić information content (AvgIpc) is 2.57. The number of rotatable bonds is 3. The number of fused-ring (bicyclic) bond motifs is 1. The van der Waals surface area contributed by atoms with Gasteiger partial charge in [0.05, 0.1) is 0 Å². The van der Waals surface area contributed by atoms with Crippen LogP contribution in [0.25, 0.3) is 11.0 Å². The van der Waals surface area contributed by atoms with Crippen molar-refractivity contribution in [2.45, 2.75) is 26.7 Å². The Bertz CT molecular complexity index is 557. The van der Waals surface area contributed by atoms with Gasteiger partial charge in [-0.05, 0) is 31.5 Å². The fourth-order valence-electron chi connectivity index (χ4n) is 1.63. The van der Waals surface area contributed by atoms with Gasteiger partial charge in [-0.3, -0.25) is 4.79 Å². The van der Waals surface area contributed by atoms with Gasteiger partial charge in [-0.2, -0.15) is 0 Å². The summed E-state index contributed by atoms with van der Waals surface area (Å²) in [7, 11) is 0. The molecular weight excluding hydrogens is 284 g/mol. The Morgan fingerprint density at radius 3 is 2.94 bits per heavy atom. The number of benzene rings is 1. The summed E-state index contributed by atoms with van der Waals surface area (Å²) < 4.78 is 11.7. The van der Waals surface area contributed by atoms with Crippen LogP contribution < -0.4 is 4.74 Å². The molecule has 0 saturated heterocycles. The van der Waals surface area contributed by atoms with Gasteiger partial charge in [-0.1, -0.05) is 22.9 Å². The van der Waals surface area contributed by atoms with E-state index in [1.54, 1.807) is 0 Å². The molecule has 0 atom stereocenters. The second kappa shape index (κ2) is 4.92. The number of hydrogen-bond acceptors (Lipinski definition) is 3. The van der Waals surface area contributed by atoms with E-state index in [9.17, 15) is 4.79 Å². The van der Waals surface area contributed by atoms with Gasteiger partial charge in [-0.15, -0.1) is 0 Å². The maximum atomic E-state index is 11.4. The molecule has 17 heavy (non-hydrogen) atoms. The average molecular weight is 297 g/mol. The van der Waals surface area contributed by atoms with Gasteiger partial charge in [-0.25, -0.2) is 0 Å². The van der Waals surface area contributed by atoms with Gasteiger partial charge in [0.15, 0.2) is 0 Å². The van der Waals surface area contributed by atoms with Crippen molar-refractivity contribution in [2.24, 2.45) is 0 Å². The second-order valence-electron chi connectivity index (χ2n) is 3.88. The Morgan fingerprint density at radius 2 is 2.24 bits per heavy atom. The predicted octanol–water partition coefficient (Wildman–Crippen LogP) is 4.21. The zero-order valence-electron chi connectivity index (χ0n) is 9.75. The van der Waals surface area contributed by atoms with Crippen molar-refractivity contribution in [3.8, 4) is 5.95 Å².